The Morgan fingerprint density at radius 2 is 1.58 bits per heavy atom. The fourth-order valence-corrected chi connectivity index (χ4v) is 3.33. The molecule has 0 radical (unpaired) electrons. The summed E-state index contributed by atoms with van der Waals surface area (Å²) >= 11 is 0. The standard InChI is InChI=1S/C26H26N4O3/c1-19-7-13-23(14-8-19)30-24(31)16-27-25(29-30)26(32)28-15-20-9-11-22(12-10-20)18-33-17-21-5-3-2-4-6-21/h2-14H,15-18H2,1H3,(H,27,29)(H,28,32). The summed E-state index contributed by atoms with van der Waals surface area (Å²) in [6.45, 7) is 3.32. The zero-order chi connectivity index (χ0) is 23.0. The molecular formula is C26H26N4O3. The van der Waals surface area contributed by atoms with Gasteiger partial charge in [0.1, 0.15) is 6.54 Å². The lowest BCUT2D eigenvalue weighted by molar-refractivity contribution is -0.118. The largest absolute Gasteiger partial charge is 0.372 e. The number of hydrazine groups is 1. The second kappa shape index (κ2) is 10.6. The number of hydrogen-bond acceptors (Lipinski definition) is 5. The number of nitrogens with zero attached hydrogens (tertiary/aromatic N) is 2. The van der Waals surface area contributed by atoms with Gasteiger partial charge in [0.15, 0.2) is 0 Å². The van der Waals surface area contributed by atoms with Gasteiger partial charge in [-0.2, -0.15) is 0 Å². The number of rotatable bonds is 8. The number of carbonyl (C=O) groups excluding carboxylic acids is 2. The lowest BCUT2D eigenvalue weighted by Gasteiger charge is -2.27. The quantitative estimate of drug-likeness (QED) is 0.561. The van der Waals surface area contributed by atoms with Gasteiger partial charge >= 0.3 is 0 Å². The van der Waals surface area contributed by atoms with Gasteiger partial charge in [-0.1, -0.05) is 72.3 Å². The predicted octanol–water partition coefficient (Wildman–Crippen LogP) is 3.28. The van der Waals surface area contributed by atoms with E-state index >= 15 is 0 Å². The number of carbonyl (C=O) groups is 2. The Labute approximate surface area is 193 Å². The van der Waals surface area contributed by atoms with Crippen LogP contribution in [0.25, 0.3) is 0 Å². The van der Waals surface area contributed by atoms with Crippen molar-refractivity contribution in [3.63, 3.8) is 0 Å². The van der Waals surface area contributed by atoms with Crippen LogP contribution in [0.1, 0.15) is 22.3 Å². The Bertz CT molecular complexity index is 1130. The van der Waals surface area contributed by atoms with Gasteiger partial charge in [-0.15, -0.1) is 0 Å². The van der Waals surface area contributed by atoms with Crippen molar-refractivity contribution < 1.29 is 14.3 Å². The molecule has 0 fully saturated rings. The van der Waals surface area contributed by atoms with Gasteiger partial charge in [-0.05, 0) is 35.7 Å². The van der Waals surface area contributed by atoms with Crippen molar-refractivity contribution in [2.75, 3.05) is 11.6 Å². The Morgan fingerprint density at radius 1 is 0.939 bits per heavy atom. The first kappa shape index (κ1) is 22.2. The molecule has 0 bridgehead atoms. The average Bonchev–Trinajstić information content (AvgIpc) is 2.85. The minimum atomic E-state index is -0.366. The number of aliphatic imine (C=N–C) groups is 1. The van der Waals surface area contributed by atoms with Gasteiger partial charge in [0.2, 0.25) is 5.84 Å². The first-order chi connectivity index (χ1) is 16.1. The van der Waals surface area contributed by atoms with Gasteiger partial charge < -0.3 is 10.1 Å². The molecule has 0 aliphatic carbocycles. The summed E-state index contributed by atoms with van der Waals surface area (Å²) in [6, 6.07) is 25.4. The average molecular weight is 443 g/mol. The number of nitrogens with one attached hydrogen (secondary N) is 2. The van der Waals surface area contributed by atoms with Crippen molar-refractivity contribution in [3.05, 3.63) is 101 Å². The zero-order valence-electron chi connectivity index (χ0n) is 18.5. The molecule has 2 amide bonds. The summed E-state index contributed by atoms with van der Waals surface area (Å²) in [7, 11) is 0. The maximum absolute atomic E-state index is 12.6. The number of amides is 2. The van der Waals surface area contributed by atoms with E-state index in [-0.39, 0.29) is 24.2 Å². The zero-order valence-corrected chi connectivity index (χ0v) is 18.5. The minimum absolute atomic E-state index is 0.0820. The van der Waals surface area contributed by atoms with Crippen molar-refractivity contribution in [2.24, 2.45) is 4.99 Å². The van der Waals surface area contributed by atoms with Crippen LogP contribution in [0.4, 0.5) is 5.69 Å². The molecule has 0 saturated heterocycles. The first-order valence-electron chi connectivity index (χ1n) is 10.8. The molecule has 33 heavy (non-hydrogen) atoms. The third-order valence-electron chi connectivity index (χ3n) is 5.20. The molecule has 0 aromatic heterocycles. The molecular weight excluding hydrogens is 416 g/mol. The summed E-state index contributed by atoms with van der Waals surface area (Å²) in [5, 5.41) is 4.20. The molecule has 0 spiro atoms. The third-order valence-corrected chi connectivity index (χ3v) is 5.20. The number of aryl methyl sites for hydroxylation is 1. The van der Waals surface area contributed by atoms with Crippen LogP contribution < -0.4 is 15.8 Å². The summed E-state index contributed by atoms with van der Waals surface area (Å²) in [4.78, 5) is 28.9. The highest BCUT2D eigenvalue weighted by Crippen LogP contribution is 2.15. The van der Waals surface area contributed by atoms with Gasteiger partial charge in [-0.25, -0.2) is 5.01 Å². The molecule has 0 saturated carbocycles. The van der Waals surface area contributed by atoms with E-state index in [1.807, 2.05) is 85.8 Å². The number of amidine groups is 1. The summed E-state index contributed by atoms with van der Waals surface area (Å²) < 4.78 is 5.76. The second-order valence-electron chi connectivity index (χ2n) is 7.82. The smallest absolute Gasteiger partial charge is 0.288 e. The van der Waals surface area contributed by atoms with Crippen LogP contribution in [0.5, 0.6) is 0 Å². The van der Waals surface area contributed by atoms with Crippen LogP contribution in [-0.2, 0) is 34.1 Å². The maximum atomic E-state index is 12.6. The predicted molar refractivity (Wildman–Crippen MR) is 127 cm³/mol. The molecule has 168 valence electrons. The molecule has 1 aliphatic rings. The van der Waals surface area contributed by atoms with Crippen LogP contribution in [-0.4, -0.2) is 24.2 Å². The number of hydrogen-bond donors (Lipinski definition) is 2. The highest BCUT2D eigenvalue weighted by atomic mass is 16.5. The van der Waals surface area contributed by atoms with Crippen LogP contribution >= 0.6 is 0 Å². The van der Waals surface area contributed by atoms with Crippen LogP contribution in [0.3, 0.4) is 0 Å². The Kier molecular flexibility index (Phi) is 7.12. The number of benzene rings is 3. The van der Waals surface area contributed by atoms with Gasteiger partial charge in [0.25, 0.3) is 11.8 Å². The summed E-state index contributed by atoms with van der Waals surface area (Å²) in [5.74, 6) is -0.475. The molecule has 3 aromatic rings. The topological polar surface area (TPSA) is 83.0 Å². The van der Waals surface area contributed by atoms with Crippen LogP contribution in [0.15, 0.2) is 83.9 Å². The number of ether oxygens (including phenoxy) is 1. The first-order valence-corrected chi connectivity index (χ1v) is 10.8. The molecule has 1 heterocycles. The lowest BCUT2D eigenvalue weighted by atomic mass is 10.1. The van der Waals surface area contributed by atoms with Crippen molar-refractivity contribution in [1.82, 2.24) is 10.7 Å². The minimum Gasteiger partial charge on any atom is -0.372 e. The SMILES string of the molecule is Cc1ccc(N2NC(C(=O)NCc3ccc(COCc4ccccc4)cc3)=NCC2=O)cc1. The summed E-state index contributed by atoms with van der Waals surface area (Å²) in [5.41, 5.74) is 7.73. The monoisotopic (exact) mass is 442 g/mol. The molecule has 7 nitrogen and oxygen atoms in total. The van der Waals surface area contributed by atoms with E-state index in [4.69, 9.17) is 4.74 Å². The van der Waals surface area contributed by atoms with E-state index in [9.17, 15) is 9.59 Å². The normalized spacial score (nSPS) is 13.3. The maximum Gasteiger partial charge on any atom is 0.288 e. The van der Waals surface area contributed by atoms with Crippen molar-refractivity contribution in [2.45, 2.75) is 26.7 Å². The molecule has 2 N–H and O–H groups in total. The van der Waals surface area contributed by atoms with E-state index in [2.05, 4.69) is 15.7 Å². The van der Waals surface area contributed by atoms with Gasteiger partial charge in [-0.3, -0.25) is 20.0 Å². The molecule has 7 heteroatoms. The van der Waals surface area contributed by atoms with E-state index in [0.717, 1.165) is 22.3 Å². The third kappa shape index (κ3) is 6.05. The Hall–Kier alpha value is -3.97. The molecule has 0 unspecified atom stereocenters. The van der Waals surface area contributed by atoms with E-state index < -0.39 is 0 Å². The van der Waals surface area contributed by atoms with E-state index in [1.165, 1.54) is 5.01 Å². The molecule has 0 atom stereocenters. The fourth-order valence-electron chi connectivity index (χ4n) is 3.33. The second-order valence-corrected chi connectivity index (χ2v) is 7.82. The van der Waals surface area contributed by atoms with E-state index in [0.29, 0.717) is 25.4 Å². The van der Waals surface area contributed by atoms with Gasteiger partial charge in [0, 0.05) is 6.54 Å². The highest BCUT2D eigenvalue weighted by molar-refractivity contribution is 6.39. The van der Waals surface area contributed by atoms with Crippen molar-refractivity contribution in [1.29, 1.82) is 0 Å². The number of anilines is 1. The fraction of sp³-hybridized carbons (Fsp3) is 0.192. The Morgan fingerprint density at radius 3 is 2.27 bits per heavy atom. The molecule has 4 rings (SSSR count). The van der Waals surface area contributed by atoms with Crippen LogP contribution in [0, 0.1) is 6.92 Å². The van der Waals surface area contributed by atoms with Crippen molar-refractivity contribution >= 4 is 23.3 Å². The van der Waals surface area contributed by atoms with Crippen molar-refractivity contribution in [3.8, 4) is 0 Å². The van der Waals surface area contributed by atoms with E-state index in [1.54, 1.807) is 0 Å². The lowest BCUT2D eigenvalue weighted by Crippen LogP contribution is -2.55. The highest BCUT2D eigenvalue weighted by Gasteiger charge is 2.25. The molecule has 3 aromatic carbocycles. The van der Waals surface area contributed by atoms with Crippen LogP contribution in [0.2, 0.25) is 0 Å². The van der Waals surface area contributed by atoms with Gasteiger partial charge in [0.05, 0.1) is 18.9 Å². The molecule has 1 aliphatic heterocycles. The Balaban J connectivity index is 1.26. The summed E-state index contributed by atoms with van der Waals surface area (Å²) in [6.07, 6.45) is 0.